The molecule has 0 aliphatic heterocycles. The van der Waals surface area contributed by atoms with Crippen LogP contribution in [0.4, 0.5) is 5.69 Å². The second kappa shape index (κ2) is 10.4. The molecule has 0 bridgehead atoms. The van der Waals surface area contributed by atoms with Gasteiger partial charge in [-0.15, -0.1) is 5.06 Å². The van der Waals surface area contributed by atoms with Crippen molar-refractivity contribution >= 4 is 34.8 Å². The zero-order valence-corrected chi connectivity index (χ0v) is 21.7. The molecule has 1 amide bonds. The summed E-state index contributed by atoms with van der Waals surface area (Å²) >= 11 is 12.3. The van der Waals surface area contributed by atoms with Crippen LogP contribution in [0.5, 0.6) is 11.5 Å². The molecular weight excluding hydrogens is 445 g/mol. The third-order valence-electron chi connectivity index (χ3n) is 6.37. The first-order chi connectivity index (χ1) is 14.9. The fourth-order valence-corrected chi connectivity index (χ4v) is 3.76. The number of rotatable bonds is 9. The van der Waals surface area contributed by atoms with Gasteiger partial charge in [-0.2, -0.15) is 0 Å². The smallest absolute Gasteiger partial charge is 0.259 e. The summed E-state index contributed by atoms with van der Waals surface area (Å²) in [5, 5.41) is 11.3. The molecule has 0 saturated carbocycles. The predicted octanol–water partition coefficient (Wildman–Crippen LogP) is 8.20. The Hall–Kier alpha value is -1.91. The van der Waals surface area contributed by atoms with Crippen LogP contribution in [-0.2, 0) is 15.6 Å². The Labute approximate surface area is 202 Å². The molecule has 0 spiro atoms. The summed E-state index contributed by atoms with van der Waals surface area (Å²) in [5.74, 6) is 0.166. The van der Waals surface area contributed by atoms with Crippen molar-refractivity contribution in [3.05, 3.63) is 51.5 Å². The minimum absolute atomic E-state index is 0.0207. The molecule has 1 N–H and O–H groups in total. The number of amides is 1. The van der Waals surface area contributed by atoms with Crippen LogP contribution in [0, 0.1) is 0 Å². The van der Waals surface area contributed by atoms with Gasteiger partial charge in [0.2, 0.25) is 0 Å². The molecule has 0 unspecified atom stereocenters. The largest absolute Gasteiger partial charge is 0.505 e. The first-order valence-electron chi connectivity index (χ1n) is 11.2. The summed E-state index contributed by atoms with van der Waals surface area (Å²) in [6.07, 6.45) is 2.86. The van der Waals surface area contributed by atoms with Crippen LogP contribution >= 0.6 is 23.2 Å². The van der Waals surface area contributed by atoms with Crippen molar-refractivity contribution in [2.45, 2.75) is 85.0 Å². The second-order valence-corrected chi connectivity index (χ2v) is 10.3. The normalized spacial score (nSPS) is 12.0. The van der Waals surface area contributed by atoms with Crippen molar-refractivity contribution in [3.8, 4) is 11.5 Å². The number of hydrogen-bond acceptors (Lipinski definition) is 3. The molecule has 0 heterocycles. The number of hydrogen-bond donors (Lipinski definition) is 1. The van der Waals surface area contributed by atoms with Crippen molar-refractivity contribution < 1.29 is 14.7 Å². The number of aromatic hydroxyl groups is 1. The summed E-state index contributed by atoms with van der Waals surface area (Å²) in [4.78, 5) is 19.3. The van der Waals surface area contributed by atoms with E-state index >= 15 is 0 Å². The number of halogens is 2. The van der Waals surface area contributed by atoms with Crippen LogP contribution in [0.2, 0.25) is 10.0 Å². The lowest BCUT2D eigenvalue weighted by Crippen LogP contribution is -2.35. The van der Waals surface area contributed by atoms with E-state index < -0.39 is 0 Å². The molecule has 0 saturated heterocycles. The average molecular weight is 480 g/mol. The van der Waals surface area contributed by atoms with Crippen molar-refractivity contribution in [3.63, 3.8) is 0 Å². The minimum atomic E-state index is -0.223. The van der Waals surface area contributed by atoms with E-state index in [0.717, 1.165) is 18.4 Å². The zero-order valence-electron chi connectivity index (χ0n) is 20.2. The zero-order chi connectivity index (χ0) is 24.3. The Morgan fingerprint density at radius 3 is 2.03 bits per heavy atom. The standard InChI is InChI=1S/C26H35Cl2NO3/c1-8-11-23(30)29(18-15-20(27)24(31)21(28)16-18)32-22-13-12-17(25(4,5)9-2)14-19(22)26(6,7)10-3/h12-16,31H,8-11H2,1-7H3. The van der Waals surface area contributed by atoms with Gasteiger partial charge in [0.15, 0.2) is 11.5 Å². The first kappa shape index (κ1) is 26.3. The molecule has 0 aliphatic carbocycles. The predicted molar refractivity (Wildman–Crippen MR) is 134 cm³/mol. The van der Waals surface area contributed by atoms with E-state index in [9.17, 15) is 9.90 Å². The van der Waals surface area contributed by atoms with Gasteiger partial charge < -0.3 is 9.94 Å². The summed E-state index contributed by atoms with van der Waals surface area (Å²) in [7, 11) is 0. The molecular formula is C26H35Cl2NO3. The highest BCUT2D eigenvalue weighted by Crippen LogP contribution is 2.41. The monoisotopic (exact) mass is 479 g/mol. The lowest BCUT2D eigenvalue weighted by molar-refractivity contribution is -0.122. The molecule has 0 aliphatic rings. The molecule has 0 aromatic heterocycles. The van der Waals surface area contributed by atoms with Gasteiger partial charge in [-0.3, -0.25) is 4.79 Å². The van der Waals surface area contributed by atoms with Crippen LogP contribution < -0.4 is 9.90 Å². The SMILES string of the molecule is CCCC(=O)N(Oc1ccc(C(C)(C)CC)cc1C(C)(C)CC)c1cc(Cl)c(O)c(Cl)c1. The summed E-state index contributed by atoms with van der Waals surface area (Å²) in [6.45, 7) is 15.0. The second-order valence-electron chi connectivity index (χ2n) is 9.47. The Kier molecular flexibility index (Phi) is 8.52. The number of carbonyl (C=O) groups excluding carboxylic acids is 1. The Morgan fingerprint density at radius 1 is 0.969 bits per heavy atom. The Bertz CT molecular complexity index is 947. The van der Waals surface area contributed by atoms with Crippen molar-refractivity contribution in [1.29, 1.82) is 0 Å². The highest BCUT2D eigenvalue weighted by atomic mass is 35.5. The van der Waals surface area contributed by atoms with E-state index in [-0.39, 0.29) is 32.5 Å². The molecule has 176 valence electrons. The van der Waals surface area contributed by atoms with Crippen LogP contribution in [0.1, 0.15) is 85.3 Å². The maximum Gasteiger partial charge on any atom is 0.259 e. The van der Waals surface area contributed by atoms with E-state index in [1.807, 2.05) is 13.0 Å². The molecule has 2 aromatic rings. The third-order valence-corrected chi connectivity index (χ3v) is 6.95. The molecule has 6 heteroatoms. The van der Waals surface area contributed by atoms with Crippen LogP contribution in [-0.4, -0.2) is 11.0 Å². The quantitative estimate of drug-likeness (QED) is 0.368. The molecule has 32 heavy (non-hydrogen) atoms. The number of nitrogens with zero attached hydrogens (tertiary/aromatic N) is 1. The molecule has 4 nitrogen and oxygen atoms in total. The lowest BCUT2D eigenvalue weighted by Gasteiger charge is -2.32. The summed E-state index contributed by atoms with van der Waals surface area (Å²) in [5.41, 5.74) is 2.48. The molecule has 2 aromatic carbocycles. The third kappa shape index (κ3) is 5.71. The number of phenols is 1. The number of anilines is 1. The fraction of sp³-hybridized carbons (Fsp3) is 0.500. The van der Waals surface area contributed by atoms with Crippen molar-refractivity contribution in [2.24, 2.45) is 0 Å². The van der Waals surface area contributed by atoms with Gasteiger partial charge >= 0.3 is 0 Å². The number of carbonyl (C=O) groups is 1. The Morgan fingerprint density at radius 2 is 1.53 bits per heavy atom. The molecule has 2 rings (SSSR count). The van der Waals surface area contributed by atoms with Gasteiger partial charge in [0.1, 0.15) is 0 Å². The van der Waals surface area contributed by atoms with Gasteiger partial charge in [-0.25, -0.2) is 0 Å². The van der Waals surface area contributed by atoms with Crippen LogP contribution in [0.15, 0.2) is 30.3 Å². The fourth-order valence-electron chi connectivity index (χ4n) is 3.28. The van der Waals surface area contributed by atoms with Gasteiger partial charge in [0.25, 0.3) is 5.91 Å². The minimum Gasteiger partial charge on any atom is -0.505 e. The highest BCUT2D eigenvalue weighted by molar-refractivity contribution is 6.37. The molecule has 0 fully saturated rings. The highest BCUT2D eigenvalue weighted by Gasteiger charge is 2.29. The van der Waals surface area contributed by atoms with Gasteiger partial charge in [-0.1, -0.05) is 83.8 Å². The molecule has 0 radical (unpaired) electrons. The van der Waals surface area contributed by atoms with Crippen molar-refractivity contribution in [1.82, 2.24) is 0 Å². The van der Waals surface area contributed by atoms with Gasteiger partial charge in [0.05, 0.1) is 15.7 Å². The van der Waals surface area contributed by atoms with Crippen LogP contribution in [0.25, 0.3) is 0 Å². The molecule has 0 atom stereocenters. The van der Waals surface area contributed by atoms with E-state index in [4.69, 9.17) is 28.0 Å². The number of phenolic OH excluding ortho intramolecular Hbond substituents is 1. The maximum absolute atomic E-state index is 13.0. The number of benzene rings is 2. The van der Waals surface area contributed by atoms with Gasteiger partial charge in [0, 0.05) is 12.0 Å². The first-order valence-corrected chi connectivity index (χ1v) is 12.0. The topological polar surface area (TPSA) is 49.8 Å². The number of hydroxylamine groups is 1. The lowest BCUT2D eigenvalue weighted by atomic mass is 9.76. The van der Waals surface area contributed by atoms with Crippen molar-refractivity contribution in [2.75, 3.05) is 5.06 Å². The van der Waals surface area contributed by atoms with Crippen LogP contribution in [0.3, 0.4) is 0 Å². The average Bonchev–Trinajstić information content (AvgIpc) is 2.75. The Balaban J connectivity index is 2.63. The van der Waals surface area contributed by atoms with E-state index in [1.54, 1.807) is 0 Å². The maximum atomic E-state index is 13.0. The van der Waals surface area contributed by atoms with E-state index in [0.29, 0.717) is 24.3 Å². The van der Waals surface area contributed by atoms with E-state index in [2.05, 4.69) is 53.7 Å². The van der Waals surface area contributed by atoms with E-state index in [1.165, 1.54) is 22.8 Å². The summed E-state index contributed by atoms with van der Waals surface area (Å²) < 4.78 is 0. The summed E-state index contributed by atoms with van der Waals surface area (Å²) in [6, 6.07) is 9.16. The van der Waals surface area contributed by atoms with Gasteiger partial charge in [-0.05, 0) is 53.9 Å².